The standard InChI is InChI=1S/C16H15NO3/c1-11-5-3-7-14(9-11)17-16(19)20-15-8-4-6-13(10-15)12(2)18/h3-10H,1-2H3,(H,17,19). The molecule has 102 valence electrons. The summed E-state index contributed by atoms with van der Waals surface area (Å²) in [6, 6.07) is 13.9. The van der Waals surface area contributed by atoms with Gasteiger partial charge in [0.15, 0.2) is 5.78 Å². The summed E-state index contributed by atoms with van der Waals surface area (Å²) in [6.45, 7) is 3.40. The SMILES string of the molecule is CC(=O)c1cccc(OC(=O)Nc2cccc(C)c2)c1. The number of benzene rings is 2. The zero-order valence-corrected chi connectivity index (χ0v) is 11.3. The lowest BCUT2D eigenvalue weighted by molar-refractivity contribution is 0.101. The highest BCUT2D eigenvalue weighted by Gasteiger charge is 2.07. The van der Waals surface area contributed by atoms with Crippen molar-refractivity contribution in [3.63, 3.8) is 0 Å². The van der Waals surface area contributed by atoms with E-state index < -0.39 is 6.09 Å². The molecule has 0 atom stereocenters. The van der Waals surface area contributed by atoms with Crippen molar-refractivity contribution in [3.8, 4) is 5.75 Å². The molecule has 20 heavy (non-hydrogen) atoms. The van der Waals surface area contributed by atoms with Gasteiger partial charge in [-0.25, -0.2) is 4.79 Å². The van der Waals surface area contributed by atoms with Crippen molar-refractivity contribution < 1.29 is 14.3 Å². The first kappa shape index (κ1) is 13.8. The van der Waals surface area contributed by atoms with E-state index >= 15 is 0 Å². The van der Waals surface area contributed by atoms with Gasteiger partial charge in [-0.3, -0.25) is 10.1 Å². The molecular formula is C16H15NO3. The molecule has 0 aliphatic rings. The molecule has 0 aliphatic carbocycles. The Balaban J connectivity index is 2.04. The summed E-state index contributed by atoms with van der Waals surface area (Å²) in [7, 11) is 0. The van der Waals surface area contributed by atoms with Crippen LogP contribution in [0.15, 0.2) is 48.5 Å². The summed E-state index contributed by atoms with van der Waals surface area (Å²) in [5, 5.41) is 2.63. The van der Waals surface area contributed by atoms with Crippen LogP contribution in [0.3, 0.4) is 0 Å². The van der Waals surface area contributed by atoms with Crippen molar-refractivity contribution in [2.75, 3.05) is 5.32 Å². The van der Waals surface area contributed by atoms with Crippen LogP contribution in [0, 0.1) is 6.92 Å². The average Bonchev–Trinajstić information content (AvgIpc) is 2.38. The lowest BCUT2D eigenvalue weighted by Gasteiger charge is -2.07. The monoisotopic (exact) mass is 269 g/mol. The molecule has 2 aromatic rings. The van der Waals surface area contributed by atoms with Gasteiger partial charge in [-0.2, -0.15) is 0 Å². The normalized spacial score (nSPS) is 9.90. The van der Waals surface area contributed by atoms with Crippen molar-refractivity contribution in [1.82, 2.24) is 0 Å². The summed E-state index contributed by atoms with van der Waals surface area (Å²) in [6.07, 6.45) is -0.587. The zero-order chi connectivity index (χ0) is 14.5. The van der Waals surface area contributed by atoms with E-state index in [0.717, 1.165) is 5.56 Å². The maximum absolute atomic E-state index is 11.8. The molecule has 2 aromatic carbocycles. The van der Waals surface area contributed by atoms with Crippen LogP contribution in [-0.2, 0) is 0 Å². The Labute approximate surface area is 117 Å². The van der Waals surface area contributed by atoms with Gasteiger partial charge in [-0.1, -0.05) is 24.3 Å². The number of hydrogen-bond donors (Lipinski definition) is 1. The zero-order valence-electron chi connectivity index (χ0n) is 11.3. The van der Waals surface area contributed by atoms with Crippen LogP contribution in [0.25, 0.3) is 0 Å². The van der Waals surface area contributed by atoms with Crippen LogP contribution < -0.4 is 10.1 Å². The molecule has 2 rings (SSSR count). The molecule has 0 unspecified atom stereocenters. The summed E-state index contributed by atoms with van der Waals surface area (Å²) in [4.78, 5) is 23.0. The number of Topliss-reactive ketones (excluding diaryl/α,β-unsaturated/α-hetero) is 1. The molecule has 0 aromatic heterocycles. The van der Waals surface area contributed by atoms with Crippen molar-refractivity contribution in [2.24, 2.45) is 0 Å². The van der Waals surface area contributed by atoms with E-state index in [1.54, 1.807) is 24.3 Å². The average molecular weight is 269 g/mol. The highest BCUT2D eigenvalue weighted by molar-refractivity contribution is 5.94. The topological polar surface area (TPSA) is 55.4 Å². The molecule has 0 aliphatic heterocycles. The molecule has 0 saturated carbocycles. The van der Waals surface area contributed by atoms with Crippen LogP contribution >= 0.6 is 0 Å². The van der Waals surface area contributed by atoms with Gasteiger partial charge in [0.1, 0.15) is 5.75 Å². The number of ketones is 1. The number of rotatable bonds is 3. The smallest absolute Gasteiger partial charge is 0.410 e. The quantitative estimate of drug-likeness (QED) is 0.862. The van der Waals surface area contributed by atoms with E-state index in [2.05, 4.69) is 5.32 Å². The Bertz CT molecular complexity index is 650. The molecular weight excluding hydrogens is 254 g/mol. The number of ether oxygens (including phenoxy) is 1. The fourth-order valence-electron chi connectivity index (χ4n) is 1.75. The van der Waals surface area contributed by atoms with Crippen molar-refractivity contribution in [2.45, 2.75) is 13.8 Å². The number of nitrogens with one attached hydrogen (secondary N) is 1. The first-order chi connectivity index (χ1) is 9.54. The predicted molar refractivity (Wildman–Crippen MR) is 77.3 cm³/mol. The largest absolute Gasteiger partial charge is 0.417 e. The molecule has 0 spiro atoms. The highest BCUT2D eigenvalue weighted by Crippen LogP contribution is 2.15. The second-order valence-electron chi connectivity index (χ2n) is 4.47. The van der Waals surface area contributed by atoms with Crippen LogP contribution in [0.2, 0.25) is 0 Å². The second-order valence-corrected chi connectivity index (χ2v) is 4.47. The molecule has 0 radical (unpaired) electrons. The van der Waals surface area contributed by atoms with Crippen molar-refractivity contribution >= 4 is 17.6 Å². The third-order valence-corrected chi connectivity index (χ3v) is 2.72. The molecule has 0 bridgehead atoms. The Morgan fingerprint density at radius 3 is 2.50 bits per heavy atom. The van der Waals surface area contributed by atoms with Gasteiger partial charge in [0.25, 0.3) is 0 Å². The first-order valence-electron chi connectivity index (χ1n) is 6.21. The number of carbonyl (C=O) groups excluding carboxylic acids is 2. The van der Waals surface area contributed by atoms with Crippen molar-refractivity contribution in [1.29, 1.82) is 0 Å². The lowest BCUT2D eigenvalue weighted by Crippen LogP contribution is -2.16. The second kappa shape index (κ2) is 6.02. The van der Waals surface area contributed by atoms with Gasteiger partial charge >= 0.3 is 6.09 Å². The number of anilines is 1. The summed E-state index contributed by atoms with van der Waals surface area (Å²) < 4.78 is 5.15. The van der Waals surface area contributed by atoms with E-state index in [1.807, 2.05) is 25.1 Å². The van der Waals surface area contributed by atoms with E-state index in [-0.39, 0.29) is 5.78 Å². The number of carbonyl (C=O) groups is 2. The summed E-state index contributed by atoms with van der Waals surface area (Å²) >= 11 is 0. The van der Waals surface area contributed by atoms with Gasteiger partial charge < -0.3 is 4.74 Å². The Morgan fingerprint density at radius 2 is 1.80 bits per heavy atom. The van der Waals surface area contributed by atoms with Crippen LogP contribution in [0.4, 0.5) is 10.5 Å². The fraction of sp³-hybridized carbons (Fsp3) is 0.125. The molecule has 1 amide bonds. The number of aryl methyl sites for hydroxylation is 1. The minimum absolute atomic E-state index is 0.0745. The molecule has 4 heteroatoms. The summed E-state index contributed by atoms with van der Waals surface area (Å²) in [5.74, 6) is 0.261. The van der Waals surface area contributed by atoms with Crippen LogP contribution in [0.5, 0.6) is 5.75 Å². The summed E-state index contributed by atoms with van der Waals surface area (Å²) in [5.41, 5.74) is 2.21. The van der Waals surface area contributed by atoms with E-state index in [0.29, 0.717) is 17.0 Å². The minimum atomic E-state index is -0.587. The number of amides is 1. The molecule has 4 nitrogen and oxygen atoms in total. The van der Waals surface area contributed by atoms with Gasteiger partial charge in [0.2, 0.25) is 0 Å². The number of hydrogen-bond acceptors (Lipinski definition) is 3. The Kier molecular flexibility index (Phi) is 4.15. The third-order valence-electron chi connectivity index (χ3n) is 2.72. The van der Waals surface area contributed by atoms with Crippen LogP contribution in [0.1, 0.15) is 22.8 Å². The Hall–Kier alpha value is -2.62. The highest BCUT2D eigenvalue weighted by atomic mass is 16.6. The van der Waals surface area contributed by atoms with Crippen molar-refractivity contribution in [3.05, 3.63) is 59.7 Å². The van der Waals surface area contributed by atoms with Gasteiger partial charge in [-0.05, 0) is 43.7 Å². The maximum Gasteiger partial charge on any atom is 0.417 e. The molecule has 1 N–H and O–H groups in total. The van der Waals surface area contributed by atoms with Gasteiger partial charge in [0.05, 0.1) is 0 Å². The van der Waals surface area contributed by atoms with E-state index in [1.165, 1.54) is 13.0 Å². The van der Waals surface area contributed by atoms with E-state index in [4.69, 9.17) is 4.74 Å². The maximum atomic E-state index is 11.8. The first-order valence-corrected chi connectivity index (χ1v) is 6.21. The van der Waals surface area contributed by atoms with Gasteiger partial charge in [0, 0.05) is 11.3 Å². The molecule has 0 fully saturated rings. The Morgan fingerprint density at radius 1 is 1.05 bits per heavy atom. The van der Waals surface area contributed by atoms with Gasteiger partial charge in [-0.15, -0.1) is 0 Å². The fourth-order valence-corrected chi connectivity index (χ4v) is 1.75. The van der Waals surface area contributed by atoms with Crippen LogP contribution in [-0.4, -0.2) is 11.9 Å². The van der Waals surface area contributed by atoms with E-state index in [9.17, 15) is 9.59 Å². The predicted octanol–water partition coefficient (Wildman–Crippen LogP) is 3.81. The molecule has 0 saturated heterocycles. The lowest BCUT2D eigenvalue weighted by atomic mass is 10.1. The molecule has 0 heterocycles. The minimum Gasteiger partial charge on any atom is -0.410 e. The third kappa shape index (κ3) is 3.68.